The fourth-order valence-electron chi connectivity index (χ4n) is 4.34. The summed E-state index contributed by atoms with van der Waals surface area (Å²) in [6.45, 7) is 5.24. The summed E-state index contributed by atoms with van der Waals surface area (Å²) in [5.41, 5.74) is 1.01. The van der Waals surface area contributed by atoms with Crippen LogP contribution in [0.2, 0.25) is 0 Å². The zero-order valence-electron chi connectivity index (χ0n) is 18.6. The molecular formula is C22H28F2N8O. The predicted molar refractivity (Wildman–Crippen MR) is 121 cm³/mol. The number of rotatable bonds is 6. The van der Waals surface area contributed by atoms with Gasteiger partial charge in [0.1, 0.15) is 0 Å². The molecule has 9 nitrogen and oxygen atoms in total. The predicted octanol–water partition coefficient (Wildman–Crippen LogP) is 2.74. The molecule has 1 aromatic carbocycles. The van der Waals surface area contributed by atoms with E-state index in [1.807, 2.05) is 4.90 Å². The Morgan fingerprint density at radius 1 is 1.00 bits per heavy atom. The molecule has 0 aliphatic carbocycles. The fraction of sp³-hybridized carbons (Fsp3) is 0.545. The van der Waals surface area contributed by atoms with Crippen molar-refractivity contribution in [2.75, 3.05) is 63.2 Å². The zero-order chi connectivity index (χ0) is 22.8. The summed E-state index contributed by atoms with van der Waals surface area (Å²) in [4.78, 5) is 22.2. The number of para-hydroxylation sites is 2. The lowest BCUT2D eigenvalue weighted by Gasteiger charge is -2.29. The van der Waals surface area contributed by atoms with Crippen LogP contribution in [0, 0.1) is 5.92 Å². The van der Waals surface area contributed by atoms with Gasteiger partial charge in [0.2, 0.25) is 17.8 Å². The number of imidazole rings is 1. The number of hydrogen-bond acceptors (Lipinski definition) is 8. The molecule has 1 N–H and O–H groups in total. The summed E-state index contributed by atoms with van der Waals surface area (Å²) < 4.78 is 34.6. The minimum absolute atomic E-state index is 0.140. The van der Waals surface area contributed by atoms with Crippen LogP contribution in [-0.2, 0) is 4.74 Å². The van der Waals surface area contributed by atoms with Crippen LogP contribution in [0.3, 0.4) is 0 Å². The van der Waals surface area contributed by atoms with Crippen molar-refractivity contribution in [3.63, 3.8) is 0 Å². The third-order valence-electron chi connectivity index (χ3n) is 6.27. The summed E-state index contributed by atoms with van der Waals surface area (Å²) in [6.07, 6.45) is -0.574. The summed E-state index contributed by atoms with van der Waals surface area (Å²) in [7, 11) is 2.13. The van der Waals surface area contributed by atoms with Crippen LogP contribution < -0.4 is 10.2 Å². The van der Waals surface area contributed by atoms with E-state index in [0.29, 0.717) is 55.2 Å². The van der Waals surface area contributed by atoms with E-state index in [1.54, 1.807) is 24.3 Å². The lowest BCUT2D eigenvalue weighted by atomic mass is 9.97. The number of fused-ring (bicyclic) bond motifs is 1. The van der Waals surface area contributed by atoms with Crippen molar-refractivity contribution in [1.82, 2.24) is 29.4 Å². The molecule has 2 saturated heterocycles. The van der Waals surface area contributed by atoms with Gasteiger partial charge in [0.15, 0.2) is 5.82 Å². The third-order valence-corrected chi connectivity index (χ3v) is 6.27. The van der Waals surface area contributed by atoms with E-state index in [4.69, 9.17) is 4.74 Å². The molecule has 33 heavy (non-hydrogen) atoms. The first-order chi connectivity index (χ1) is 16.1. The number of ether oxygens (including phenoxy) is 1. The van der Waals surface area contributed by atoms with E-state index in [1.165, 1.54) is 4.57 Å². The molecule has 0 bridgehead atoms. The molecular weight excluding hydrogens is 430 g/mol. The maximum absolute atomic E-state index is 13.9. The lowest BCUT2D eigenvalue weighted by molar-refractivity contribution is 0.122. The smallest absolute Gasteiger partial charge is 0.296 e. The maximum atomic E-state index is 13.9. The zero-order valence-corrected chi connectivity index (χ0v) is 18.6. The van der Waals surface area contributed by atoms with Gasteiger partial charge in [0.05, 0.1) is 24.2 Å². The molecule has 2 aromatic heterocycles. The number of nitrogens with one attached hydrogen (secondary N) is 1. The van der Waals surface area contributed by atoms with Gasteiger partial charge in [-0.2, -0.15) is 15.0 Å². The number of alkyl halides is 2. The first kappa shape index (κ1) is 21.9. The number of halogens is 2. The van der Waals surface area contributed by atoms with Gasteiger partial charge < -0.3 is 19.9 Å². The number of nitrogens with zero attached hydrogens (tertiary/aromatic N) is 7. The van der Waals surface area contributed by atoms with E-state index in [0.717, 1.165) is 32.5 Å². The standard InChI is InChI=1S/C22H28F2N8O/c1-30-8-6-15(7-9-30)14-25-20-27-21(31-10-12-33-13-11-31)29-22(28-20)32-17-5-3-2-4-16(17)26-19(32)18(23)24/h2-5,15,18H,6-14H2,1H3,(H,25,27,28,29). The average Bonchev–Trinajstić information content (AvgIpc) is 3.24. The van der Waals surface area contributed by atoms with Crippen LogP contribution in [0.25, 0.3) is 17.0 Å². The van der Waals surface area contributed by atoms with Crippen LogP contribution in [0.4, 0.5) is 20.7 Å². The van der Waals surface area contributed by atoms with Crippen LogP contribution >= 0.6 is 0 Å². The normalized spacial score (nSPS) is 18.4. The van der Waals surface area contributed by atoms with Crippen LogP contribution in [0.1, 0.15) is 25.1 Å². The molecule has 2 aliphatic rings. The van der Waals surface area contributed by atoms with Gasteiger partial charge in [0, 0.05) is 19.6 Å². The molecule has 11 heteroatoms. The largest absolute Gasteiger partial charge is 0.378 e. The number of aromatic nitrogens is 5. The van der Waals surface area contributed by atoms with Crippen molar-refractivity contribution in [2.45, 2.75) is 19.3 Å². The van der Waals surface area contributed by atoms with Crippen molar-refractivity contribution in [3.05, 3.63) is 30.1 Å². The monoisotopic (exact) mass is 458 g/mol. The Bertz CT molecular complexity index is 1090. The van der Waals surface area contributed by atoms with Gasteiger partial charge in [-0.1, -0.05) is 12.1 Å². The van der Waals surface area contributed by atoms with E-state index < -0.39 is 6.43 Å². The van der Waals surface area contributed by atoms with E-state index >= 15 is 0 Å². The average molecular weight is 459 g/mol. The number of benzene rings is 1. The summed E-state index contributed by atoms with van der Waals surface area (Å²) in [5, 5.41) is 3.35. The van der Waals surface area contributed by atoms with Crippen molar-refractivity contribution >= 4 is 22.9 Å². The Morgan fingerprint density at radius 3 is 2.48 bits per heavy atom. The Labute approximate surface area is 190 Å². The topological polar surface area (TPSA) is 84.2 Å². The Balaban J connectivity index is 1.52. The van der Waals surface area contributed by atoms with Gasteiger partial charge in [-0.15, -0.1) is 0 Å². The molecule has 3 aromatic rings. The Morgan fingerprint density at radius 2 is 1.73 bits per heavy atom. The van der Waals surface area contributed by atoms with Crippen molar-refractivity contribution in [1.29, 1.82) is 0 Å². The highest BCUT2D eigenvalue weighted by atomic mass is 19.3. The molecule has 2 aliphatic heterocycles. The molecule has 0 unspecified atom stereocenters. The Kier molecular flexibility index (Phi) is 6.32. The van der Waals surface area contributed by atoms with Crippen LogP contribution in [0.15, 0.2) is 24.3 Å². The fourth-order valence-corrected chi connectivity index (χ4v) is 4.34. The summed E-state index contributed by atoms with van der Waals surface area (Å²) in [5.74, 6) is 1.11. The number of likely N-dealkylation sites (tertiary alicyclic amines) is 1. The Hall–Kier alpha value is -2.92. The van der Waals surface area contributed by atoms with Crippen LogP contribution in [-0.4, -0.2) is 82.4 Å². The van der Waals surface area contributed by atoms with Gasteiger partial charge in [-0.05, 0) is 51.0 Å². The quantitative estimate of drug-likeness (QED) is 0.604. The summed E-state index contributed by atoms with van der Waals surface area (Å²) >= 11 is 0. The van der Waals surface area contributed by atoms with Gasteiger partial charge in [-0.3, -0.25) is 4.57 Å². The highest BCUT2D eigenvalue weighted by molar-refractivity contribution is 5.77. The second-order valence-electron chi connectivity index (χ2n) is 8.58. The second kappa shape index (κ2) is 9.52. The maximum Gasteiger partial charge on any atom is 0.296 e. The molecule has 0 saturated carbocycles. The van der Waals surface area contributed by atoms with Crippen molar-refractivity contribution in [3.8, 4) is 5.95 Å². The minimum Gasteiger partial charge on any atom is -0.378 e. The molecule has 4 heterocycles. The molecule has 2 fully saturated rings. The third kappa shape index (κ3) is 4.74. The van der Waals surface area contributed by atoms with Crippen molar-refractivity contribution in [2.24, 2.45) is 5.92 Å². The van der Waals surface area contributed by atoms with Gasteiger partial charge in [0.25, 0.3) is 6.43 Å². The molecule has 0 amide bonds. The number of piperidine rings is 1. The lowest BCUT2D eigenvalue weighted by Crippen LogP contribution is -2.38. The number of anilines is 2. The SMILES string of the molecule is CN1CCC(CNc2nc(N3CCOCC3)nc(-n3c(C(F)F)nc4ccccc43)n2)CC1. The molecule has 0 atom stereocenters. The number of morpholine rings is 1. The van der Waals surface area contributed by atoms with E-state index in [2.05, 4.69) is 37.2 Å². The minimum atomic E-state index is -2.77. The molecule has 0 radical (unpaired) electrons. The van der Waals surface area contributed by atoms with E-state index in [-0.39, 0.29) is 11.8 Å². The molecule has 176 valence electrons. The highest BCUT2D eigenvalue weighted by Gasteiger charge is 2.25. The van der Waals surface area contributed by atoms with Gasteiger partial charge in [-0.25, -0.2) is 13.8 Å². The summed E-state index contributed by atoms with van der Waals surface area (Å²) in [6, 6.07) is 7.02. The van der Waals surface area contributed by atoms with Crippen molar-refractivity contribution < 1.29 is 13.5 Å². The van der Waals surface area contributed by atoms with E-state index in [9.17, 15) is 8.78 Å². The molecule has 0 spiro atoms. The first-order valence-electron chi connectivity index (χ1n) is 11.4. The highest BCUT2D eigenvalue weighted by Crippen LogP contribution is 2.28. The molecule has 5 rings (SSSR count). The number of hydrogen-bond donors (Lipinski definition) is 1. The first-order valence-corrected chi connectivity index (χ1v) is 11.4. The van der Waals surface area contributed by atoms with Gasteiger partial charge >= 0.3 is 0 Å². The second-order valence-corrected chi connectivity index (χ2v) is 8.58. The van der Waals surface area contributed by atoms with Crippen LogP contribution in [0.5, 0.6) is 0 Å².